The van der Waals surface area contributed by atoms with Crippen LogP contribution in [0.5, 0.6) is 0 Å². The summed E-state index contributed by atoms with van der Waals surface area (Å²) >= 11 is 1.83. The van der Waals surface area contributed by atoms with Crippen molar-refractivity contribution in [1.82, 2.24) is 5.32 Å². The van der Waals surface area contributed by atoms with Gasteiger partial charge in [0.05, 0.1) is 6.61 Å². The van der Waals surface area contributed by atoms with Gasteiger partial charge in [0.25, 0.3) is 0 Å². The summed E-state index contributed by atoms with van der Waals surface area (Å²) in [5, 5.41) is 5.55. The van der Waals surface area contributed by atoms with Gasteiger partial charge < -0.3 is 10.1 Å². The van der Waals surface area contributed by atoms with Crippen LogP contribution in [0.4, 0.5) is 0 Å². The Hall–Kier alpha value is -0.380. The van der Waals surface area contributed by atoms with E-state index in [-0.39, 0.29) is 0 Å². The molecule has 0 radical (unpaired) electrons. The molecule has 0 amide bonds. The third kappa shape index (κ3) is 3.78. The number of ether oxygens (including phenoxy) is 1. The molecule has 0 fully saturated rings. The van der Waals surface area contributed by atoms with E-state index in [2.05, 4.69) is 23.7 Å². The van der Waals surface area contributed by atoms with E-state index in [1.54, 1.807) is 0 Å². The normalized spacial score (nSPS) is 10.7. The van der Waals surface area contributed by atoms with Gasteiger partial charge in [0.1, 0.15) is 0 Å². The molecule has 1 rings (SSSR count). The molecule has 0 aliphatic heterocycles. The number of aryl methyl sites for hydroxylation is 1. The van der Waals surface area contributed by atoms with Crippen molar-refractivity contribution >= 4 is 11.3 Å². The molecule has 0 atom stereocenters. The summed E-state index contributed by atoms with van der Waals surface area (Å²) in [6, 6.07) is 2.21. The SMILES string of the molecule is CCOCCNCc1sccc1CC. The van der Waals surface area contributed by atoms with Crippen LogP contribution in [0.3, 0.4) is 0 Å². The van der Waals surface area contributed by atoms with Crippen molar-refractivity contribution in [3.63, 3.8) is 0 Å². The van der Waals surface area contributed by atoms with E-state index >= 15 is 0 Å². The molecule has 3 heteroatoms. The van der Waals surface area contributed by atoms with Crippen LogP contribution < -0.4 is 5.32 Å². The summed E-state index contributed by atoms with van der Waals surface area (Å²) in [5.41, 5.74) is 1.47. The van der Waals surface area contributed by atoms with Crippen molar-refractivity contribution in [2.45, 2.75) is 26.8 Å². The standard InChI is InChI=1S/C11H19NOS/c1-3-10-5-8-14-11(10)9-12-6-7-13-4-2/h5,8,12H,3-4,6-7,9H2,1-2H3. The third-order valence-electron chi connectivity index (χ3n) is 2.13. The molecular formula is C11H19NOS. The lowest BCUT2D eigenvalue weighted by Gasteiger charge is -2.04. The Balaban J connectivity index is 2.17. The number of hydrogen-bond donors (Lipinski definition) is 1. The highest BCUT2D eigenvalue weighted by Gasteiger charge is 2.00. The molecule has 2 nitrogen and oxygen atoms in total. The van der Waals surface area contributed by atoms with Crippen LogP contribution in [-0.4, -0.2) is 19.8 Å². The quantitative estimate of drug-likeness (QED) is 0.702. The first-order valence-corrected chi connectivity index (χ1v) is 6.10. The molecular weight excluding hydrogens is 194 g/mol. The summed E-state index contributed by atoms with van der Waals surface area (Å²) < 4.78 is 5.25. The van der Waals surface area contributed by atoms with Gasteiger partial charge in [0.15, 0.2) is 0 Å². The van der Waals surface area contributed by atoms with Gasteiger partial charge >= 0.3 is 0 Å². The first-order chi connectivity index (χ1) is 6.88. The Bertz CT molecular complexity index is 247. The van der Waals surface area contributed by atoms with Crippen LogP contribution in [-0.2, 0) is 17.7 Å². The number of nitrogens with one attached hydrogen (secondary N) is 1. The van der Waals surface area contributed by atoms with Crippen molar-refractivity contribution in [1.29, 1.82) is 0 Å². The molecule has 1 N–H and O–H groups in total. The van der Waals surface area contributed by atoms with Gasteiger partial charge in [-0.3, -0.25) is 0 Å². The third-order valence-corrected chi connectivity index (χ3v) is 3.09. The predicted octanol–water partition coefficient (Wildman–Crippen LogP) is 2.44. The Morgan fingerprint density at radius 2 is 2.29 bits per heavy atom. The Kier molecular flexibility index (Phi) is 5.83. The first-order valence-electron chi connectivity index (χ1n) is 5.22. The fourth-order valence-electron chi connectivity index (χ4n) is 1.33. The van der Waals surface area contributed by atoms with E-state index in [4.69, 9.17) is 4.74 Å². The van der Waals surface area contributed by atoms with Crippen molar-refractivity contribution < 1.29 is 4.74 Å². The van der Waals surface area contributed by atoms with Crippen molar-refractivity contribution in [2.24, 2.45) is 0 Å². The van der Waals surface area contributed by atoms with Crippen molar-refractivity contribution in [3.05, 3.63) is 21.9 Å². The summed E-state index contributed by atoms with van der Waals surface area (Å²) in [5.74, 6) is 0. The maximum Gasteiger partial charge on any atom is 0.0590 e. The first kappa shape index (κ1) is 11.7. The summed E-state index contributed by atoms with van der Waals surface area (Å²) in [4.78, 5) is 1.46. The molecule has 0 saturated heterocycles. The fourth-order valence-corrected chi connectivity index (χ4v) is 2.27. The lowest BCUT2D eigenvalue weighted by molar-refractivity contribution is 0.149. The maximum atomic E-state index is 5.25. The molecule has 1 heterocycles. The van der Waals surface area contributed by atoms with Crippen LogP contribution in [0.15, 0.2) is 11.4 Å². The number of hydrogen-bond acceptors (Lipinski definition) is 3. The topological polar surface area (TPSA) is 21.3 Å². The highest BCUT2D eigenvalue weighted by molar-refractivity contribution is 7.10. The zero-order valence-corrected chi connectivity index (χ0v) is 9.82. The monoisotopic (exact) mass is 213 g/mol. The second kappa shape index (κ2) is 6.98. The van der Waals surface area contributed by atoms with Crippen molar-refractivity contribution in [3.8, 4) is 0 Å². The average molecular weight is 213 g/mol. The molecule has 80 valence electrons. The van der Waals surface area contributed by atoms with Gasteiger partial charge in [-0.15, -0.1) is 11.3 Å². The molecule has 0 saturated carbocycles. The Morgan fingerprint density at radius 3 is 3.00 bits per heavy atom. The highest BCUT2D eigenvalue weighted by atomic mass is 32.1. The average Bonchev–Trinajstić information content (AvgIpc) is 2.65. The van der Waals surface area contributed by atoms with E-state index < -0.39 is 0 Å². The largest absolute Gasteiger partial charge is 0.380 e. The smallest absolute Gasteiger partial charge is 0.0590 e. The summed E-state index contributed by atoms with van der Waals surface area (Å²) in [6.45, 7) is 7.76. The van der Waals surface area contributed by atoms with Crippen LogP contribution in [0.25, 0.3) is 0 Å². The Labute approximate surface area is 90.3 Å². The van der Waals surface area contributed by atoms with Gasteiger partial charge in [-0.2, -0.15) is 0 Å². The van der Waals surface area contributed by atoms with Gasteiger partial charge in [-0.05, 0) is 30.4 Å². The van der Waals surface area contributed by atoms with E-state index in [0.717, 1.165) is 32.7 Å². The minimum atomic E-state index is 0.806. The van der Waals surface area contributed by atoms with Gasteiger partial charge in [0.2, 0.25) is 0 Å². The van der Waals surface area contributed by atoms with Gasteiger partial charge in [-0.25, -0.2) is 0 Å². The van der Waals surface area contributed by atoms with Crippen LogP contribution >= 0.6 is 11.3 Å². The lowest BCUT2D eigenvalue weighted by Crippen LogP contribution is -2.19. The fraction of sp³-hybridized carbons (Fsp3) is 0.636. The van der Waals surface area contributed by atoms with Gasteiger partial charge in [-0.1, -0.05) is 6.92 Å². The van der Waals surface area contributed by atoms with E-state index in [9.17, 15) is 0 Å². The molecule has 0 aromatic carbocycles. The minimum Gasteiger partial charge on any atom is -0.380 e. The highest BCUT2D eigenvalue weighted by Crippen LogP contribution is 2.16. The van der Waals surface area contributed by atoms with E-state index in [1.165, 1.54) is 10.4 Å². The molecule has 14 heavy (non-hydrogen) atoms. The maximum absolute atomic E-state index is 5.25. The molecule has 0 aliphatic carbocycles. The van der Waals surface area contributed by atoms with Crippen LogP contribution in [0.2, 0.25) is 0 Å². The summed E-state index contributed by atoms with van der Waals surface area (Å²) in [6.07, 6.45) is 1.13. The van der Waals surface area contributed by atoms with E-state index in [0.29, 0.717) is 0 Å². The van der Waals surface area contributed by atoms with Crippen LogP contribution in [0.1, 0.15) is 24.3 Å². The molecule has 0 unspecified atom stereocenters. The molecule has 0 bridgehead atoms. The van der Waals surface area contributed by atoms with Gasteiger partial charge in [0, 0.05) is 24.6 Å². The molecule has 1 aromatic rings. The van der Waals surface area contributed by atoms with Crippen LogP contribution in [0, 0.1) is 0 Å². The lowest BCUT2D eigenvalue weighted by atomic mass is 10.2. The Morgan fingerprint density at radius 1 is 1.43 bits per heavy atom. The molecule has 0 aliphatic rings. The predicted molar refractivity (Wildman–Crippen MR) is 61.9 cm³/mol. The zero-order chi connectivity index (χ0) is 10.2. The number of thiophene rings is 1. The zero-order valence-electron chi connectivity index (χ0n) is 9.01. The second-order valence-corrected chi connectivity index (χ2v) is 4.10. The molecule has 0 spiro atoms. The molecule has 1 aromatic heterocycles. The second-order valence-electron chi connectivity index (χ2n) is 3.10. The summed E-state index contributed by atoms with van der Waals surface area (Å²) in [7, 11) is 0. The van der Waals surface area contributed by atoms with E-state index in [1.807, 2.05) is 18.3 Å². The van der Waals surface area contributed by atoms with Crippen molar-refractivity contribution in [2.75, 3.05) is 19.8 Å². The number of rotatable bonds is 7. The minimum absolute atomic E-state index is 0.806.